The molecule has 1 amide bonds. The summed E-state index contributed by atoms with van der Waals surface area (Å²) in [6.45, 7) is 6.78. The number of aryl methyl sites for hydroxylation is 2. The molecule has 0 aliphatic carbocycles. The highest BCUT2D eigenvalue weighted by Gasteiger charge is 2.15. The van der Waals surface area contributed by atoms with Gasteiger partial charge in [-0.05, 0) is 66.6 Å². The fraction of sp³-hybridized carbons (Fsp3) is 0.409. The summed E-state index contributed by atoms with van der Waals surface area (Å²) >= 11 is 0. The van der Waals surface area contributed by atoms with Crippen molar-refractivity contribution in [3.05, 3.63) is 58.7 Å². The normalized spacial score (nSPS) is 10.7. The van der Waals surface area contributed by atoms with Gasteiger partial charge in [0.15, 0.2) is 0 Å². The van der Waals surface area contributed by atoms with E-state index in [-0.39, 0.29) is 5.91 Å². The van der Waals surface area contributed by atoms with E-state index in [0.29, 0.717) is 12.5 Å². The molecular weight excluding hydrogens is 326 g/mol. The standard InChI is InChI=1S/C22H29NO3/c1-15(2)19-14-20(16(3)12-21(19)26-5)22(24)23-11-7-9-17-8-6-10-18(13-17)25-4/h6,8,10,12-15H,7,9,11H2,1-5H3,(H,23,24). The van der Waals surface area contributed by atoms with Crippen LogP contribution in [-0.2, 0) is 6.42 Å². The number of rotatable bonds is 8. The molecule has 0 unspecified atom stereocenters. The zero-order valence-electron chi connectivity index (χ0n) is 16.4. The first kappa shape index (κ1) is 19.8. The van der Waals surface area contributed by atoms with Crippen LogP contribution in [-0.4, -0.2) is 26.7 Å². The summed E-state index contributed by atoms with van der Waals surface area (Å²) in [6.07, 6.45) is 1.78. The van der Waals surface area contributed by atoms with Gasteiger partial charge in [0.2, 0.25) is 0 Å². The number of amides is 1. The lowest BCUT2D eigenvalue weighted by molar-refractivity contribution is 0.0952. The highest BCUT2D eigenvalue weighted by molar-refractivity contribution is 5.96. The molecule has 0 heterocycles. The van der Waals surface area contributed by atoms with Crippen molar-refractivity contribution in [2.45, 2.75) is 39.5 Å². The fourth-order valence-electron chi connectivity index (χ4n) is 2.99. The topological polar surface area (TPSA) is 47.6 Å². The minimum atomic E-state index is -0.0299. The second-order valence-corrected chi connectivity index (χ2v) is 6.77. The summed E-state index contributed by atoms with van der Waals surface area (Å²) in [5.74, 6) is 1.97. The van der Waals surface area contributed by atoms with Gasteiger partial charge in [0, 0.05) is 12.1 Å². The van der Waals surface area contributed by atoms with Gasteiger partial charge in [-0.3, -0.25) is 4.79 Å². The highest BCUT2D eigenvalue weighted by Crippen LogP contribution is 2.29. The number of benzene rings is 2. The monoisotopic (exact) mass is 355 g/mol. The summed E-state index contributed by atoms with van der Waals surface area (Å²) in [7, 11) is 3.33. The number of nitrogens with one attached hydrogen (secondary N) is 1. The number of carbonyl (C=O) groups is 1. The molecule has 0 saturated heterocycles. The second kappa shape index (κ2) is 9.27. The van der Waals surface area contributed by atoms with Crippen LogP contribution in [0.15, 0.2) is 36.4 Å². The van der Waals surface area contributed by atoms with Gasteiger partial charge in [-0.2, -0.15) is 0 Å². The van der Waals surface area contributed by atoms with Crippen molar-refractivity contribution in [2.24, 2.45) is 0 Å². The predicted molar refractivity (Wildman–Crippen MR) is 105 cm³/mol. The molecule has 2 aromatic carbocycles. The Balaban J connectivity index is 1.96. The molecular formula is C22H29NO3. The lowest BCUT2D eigenvalue weighted by atomic mass is 9.96. The van der Waals surface area contributed by atoms with E-state index in [1.165, 1.54) is 5.56 Å². The summed E-state index contributed by atoms with van der Waals surface area (Å²) in [6, 6.07) is 11.9. The molecule has 1 N–H and O–H groups in total. The summed E-state index contributed by atoms with van der Waals surface area (Å²) in [4.78, 5) is 12.6. The van der Waals surface area contributed by atoms with Gasteiger partial charge in [-0.1, -0.05) is 26.0 Å². The van der Waals surface area contributed by atoms with Crippen molar-refractivity contribution < 1.29 is 14.3 Å². The SMILES string of the molecule is COc1cccc(CCCNC(=O)c2cc(C(C)C)c(OC)cc2C)c1. The van der Waals surface area contributed by atoms with E-state index in [9.17, 15) is 4.79 Å². The predicted octanol–water partition coefficient (Wildman–Crippen LogP) is 4.50. The van der Waals surface area contributed by atoms with Gasteiger partial charge in [0.1, 0.15) is 11.5 Å². The third kappa shape index (κ3) is 5.01. The number of methoxy groups -OCH3 is 2. The Kier molecular flexibility index (Phi) is 7.07. The minimum Gasteiger partial charge on any atom is -0.497 e. The summed E-state index contributed by atoms with van der Waals surface area (Å²) < 4.78 is 10.7. The van der Waals surface area contributed by atoms with E-state index < -0.39 is 0 Å². The summed E-state index contributed by atoms with van der Waals surface area (Å²) in [5.41, 5.74) is 3.91. The molecule has 4 heteroatoms. The molecule has 0 radical (unpaired) electrons. The Hall–Kier alpha value is -2.49. The van der Waals surface area contributed by atoms with Crippen LogP contribution < -0.4 is 14.8 Å². The van der Waals surface area contributed by atoms with Crippen molar-refractivity contribution in [1.29, 1.82) is 0 Å². The Labute approximate surface area is 156 Å². The maximum atomic E-state index is 12.6. The molecule has 26 heavy (non-hydrogen) atoms. The zero-order chi connectivity index (χ0) is 19.1. The average molecular weight is 355 g/mol. The number of hydrogen-bond donors (Lipinski definition) is 1. The third-order valence-corrected chi connectivity index (χ3v) is 4.51. The smallest absolute Gasteiger partial charge is 0.251 e. The number of hydrogen-bond acceptors (Lipinski definition) is 3. The van der Waals surface area contributed by atoms with Gasteiger partial charge >= 0.3 is 0 Å². The maximum Gasteiger partial charge on any atom is 0.251 e. The maximum absolute atomic E-state index is 12.6. The number of ether oxygens (including phenoxy) is 2. The largest absolute Gasteiger partial charge is 0.497 e. The van der Waals surface area contributed by atoms with Crippen LogP contribution in [0, 0.1) is 6.92 Å². The fourth-order valence-corrected chi connectivity index (χ4v) is 2.99. The molecule has 0 bridgehead atoms. The molecule has 0 aliphatic heterocycles. The van der Waals surface area contributed by atoms with Gasteiger partial charge in [-0.25, -0.2) is 0 Å². The van der Waals surface area contributed by atoms with Gasteiger partial charge < -0.3 is 14.8 Å². The van der Waals surface area contributed by atoms with Crippen LogP contribution in [0.5, 0.6) is 11.5 Å². The Bertz CT molecular complexity index is 753. The van der Waals surface area contributed by atoms with E-state index in [4.69, 9.17) is 9.47 Å². The Morgan fingerprint density at radius 1 is 1.12 bits per heavy atom. The van der Waals surface area contributed by atoms with E-state index in [1.807, 2.05) is 37.3 Å². The molecule has 0 aliphatic rings. The van der Waals surface area contributed by atoms with Crippen LogP contribution in [0.3, 0.4) is 0 Å². The van der Waals surface area contributed by atoms with Crippen molar-refractivity contribution in [3.63, 3.8) is 0 Å². The van der Waals surface area contributed by atoms with E-state index >= 15 is 0 Å². The molecule has 0 saturated carbocycles. The van der Waals surface area contributed by atoms with E-state index in [1.54, 1.807) is 14.2 Å². The highest BCUT2D eigenvalue weighted by atomic mass is 16.5. The van der Waals surface area contributed by atoms with Crippen molar-refractivity contribution in [1.82, 2.24) is 5.32 Å². The molecule has 0 spiro atoms. The number of carbonyl (C=O) groups excluding carboxylic acids is 1. The van der Waals surface area contributed by atoms with Crippen molar-refractivity contribution in [2.75, 3.05) is 20.8 Å². The molecule has 4 nitrogen and oxygen atoms in total. The van der Waals surface area contributed by atoms with Crippen LogP contribution >= 0.6 is 0 Å². The van der Waals surface area contributed by atoms with Gasteiger partial charge in [0.05, 0.1) is 14.2 Å². The molecule has 2 aromatic rings. The van der Waals surface area contributed by atoms with Crippen LogP contribution in [0.4, 0.5) is 0 Å². The molecule has 0 aromatic heterocycles. The quantitative estimate of drug-likeness (QED) is 0.709. The van der Waals surface area contributed by atoms with Crippen molar-refractivity contribution in [3.8, 4) is 11.5 Å². The third-order valence-electron chi connectivity index (χ3n) is 4.51. The van der Waals surface area contributed by atoms with Crippen molar-refractivity contribution >= 4 is 5.91 Å². The molecule has 140 valence electrons. The van der Waals surface area contributed by atoms with Gasteiger partial charge in [-0.15, -0.1) is 0 Å². The first-order valence-electron chi connectivity index (χ1n) is 9.06. The Morgan fingerprint density at radius 3 is 2.54 bits per heavy atom. The molecule has 2 rings (SSSR count). The van der Waals surface area contributed by atoms with E-state index in [0.717, 1.165) is 41.0 Å². The lowest BCUT2D eigenvalue weighted by Crippen LogP contribution is -2.25. The first-order chi connectivity index (χ1) is 12.5. The molecule has 0 fully saturated rings. The van der Waals surface area contributed by atoms with Crippen LogP contribution in [0.2, 0.25) is 0 Å². The van der Waals surface area contributed by atoms with Crippen LogP contribution in [0.25, 0.3) is 0 Å². The van der Waals surface area contributed by atoms with Gasteiger partial charge in [0.25, 0.3) is 5.91 Å². The second-order valence-electron chi connectivity index (χ2n) is 6.77. The first-order valence-corrected chi connectivity index (χ1v) is 9.06. The lowest BCUT2D eigenvalue weighted by Gasteiger charge is -2.16. The Morgan fingerprint density at radius 2 is 1.88 bits per heavy atom. The van der Waals surface area contributed by atoms with E-state index in [2.05, 4.69) is 25.2 Å². The molecule has 0 atom stereocenters. The summed E-state index contributed by atoms with van der Waals surface area (Å²) in [5, 5.41) is 3.03. The average Bonchev–Trinajstić information content (AvgIpc) is 2.64. The minimum absolute atomic E-state index is 0.0299. The zero-order valence-corrected chi connectivity index (χ0v) is 16.4. The van der Waals surface area contributed by atoms with Crippen LogP contribution in [0.1, 0.15) is 53.2 Å².